The van der Waals surface area contributed by atoms with Crippen molar-refractivity contribution >= 4 is 11.6 Å². The SMILES string of the molecule is COC1=C(C(=O)c2cccc(F)c2)C(=O)CCC1. The lowest BCUT2D eigenvalue weighted by Gasteiger charge is -2.17. The van der Waals surface area contributed by atoms with Gasteiger partial charge in [0.05, 0.1) is 7.11 Å². The number of ether oxygens (including phenoxy) is 1. The van der Waals surface area contributed by atoms with Gasteiger partial charge in [-0.15, -0.1) is 0 Å². The molecule has 0 aromatic heterocycles. The van der Waals surface area contributed by atoms with E-state index in [0.29, 0.717) is 25.0 Å². The Morgan fingerprint density at radius 3 is 2.78 bits per heavy atom. The zero-order valence-electron chi connectivity index (χ0n) is 10.0. The molecule has 0 saturated carbocycles. The largest absolute Gasteiger partial charge is 0.500 e. The predicted octanol–water partition coefficient (Wildman–Crippen LogP) is 2.66. The predicted molar refractivity (Wildman–Crippen MR) is 63.6 cm³/mol. The van der Waals surface area contributed by atoms with Crippen molar-refractivity contribution in [1.29, 1.82) is 0 Å². The molecule has 0 unspecified atom stereocenters. The number of allylic oxidation sites excluding steroid dienone is 2. The minimum atomic E-state index is -0.497. The molecule has 0 fully saturated rings. The second kappa shape index (κ2) is 5.12. The van der Waals surface area contributed by atoms with Gasteiger partial charge in [-0.2, -0.15) is 0 Å². The van der Waals surface area contributed by atoms with E-state index in [1.165, 1.54) is 25.3 Å². The average Bonchev–Trinajstić information content (AvgIpc) is 2.37. The number of rotatable bonds is 3. The van der Waals surface area contributed by atoms with Crippen molar-refractivity contribution in [3.8, 4) is 0 Å². The number of benzene rings is 1. The van der Waals surface area contributed by atoms with Crippen molar-refractivity contribution in [2.75, 3.05) is 7.11 Å². The molecular weight excluding hydrogens is 235 g/mol. The molecule has 0 aliphatic heterocycles. The van der Waals surface area contributed by atoms with Crippen LogP contribution >= 0.6 is 0 Å². The van der Waals surface area contributed by atoms with Gasteiger partial charge in [0.2, 0.25) is 0 Å². The van der Waals surface area contributed by atoms with E-state index < -0.39 is 11.6 Å². The Kier molecular flexibility index (Phi) is 3.55. The van der Waals surface area contributed by atoms with Crippen LogP contribution in [0.15, 0.2) is 35.6 Å². The highest BCUT2D eigenvalue weighted by atomic mass is 19.1. The Bertz CT molecular complexity index is 532. The summed E-state index contributed by atoms with van der Waals surface area (Å²) >= 11 is 0. The molecule has 0 radical (unpaired) electrons. The first-order valence-corrected chi connectivity index (χ1v) is 5.74. The van der Waals surface area contributed by atoms with Gasteiger partial charge >= 0.3 is 0 Å². The van der Waals surface area contributed by atoms with Crippen LogP contribution in [0.3, 0.4) is 0 Å². The lowest BCUT2D eigenvalue weighted by molar-refractivity contribution is -0.116. The molecule has 0 amide bonds. The zero-order valence-corrected chi connectivity index (χ0v) is 10.0. The van der Waals surface area contributed by atoms with Gasteiger partial charge in [-0.05, 0) is 18.6 Å². The highest BCUT2D eigenvalue weighted by molar-refractivity contribution is 6.26. The fraction of sp³-hybridized carbons (Fsp3) is 0.286. The van der Waals surface area contributed by atoms with Crippen LogP contribution in [0.1, 0.15) is 29.6 Å². The quantitative estimate of drug-likeness (QED) is 0.610. The van der Waals surface area contributed by atoms with Gasteiger partial charge in [0.1, 0.15) is 17.1 Å². The van der Waals surface area contributed by atoms with Gasteiger partial charge in [-0.1, -0.05) is 12.1 Å². The third-order valence-electron chi connectivity index (χ3n) is 2.93. The number of halogens is 1. The molecule has 4 heteroatoms. The maximum absolute atomic E-state index is 13.1. The summed E-state index contributed by atoms with van der Waals surface area (Å²) in [5.41, 5.74) is 0.240. The Morgan fingerprint density at radius 1 is 1.33 bits per heavy atom. The number of hydrogen-bond donors (Lipinski definition) is 0. The van der Waals surface area contributed by atoms with Gasteiger partial charge in [0, 0.05) is 18.4 Å². The first-order valence-electron chi connectivity index (χ1n) is 5.74. The summed E-state index contributed by atoms with van der Waals surface area (Å²) < 4.78 is 18.2. The van der Waals surface area contributed by atoms with Crippen LogP contribution in [0.25, 0.3) is 0 Å². The van der Waals surface area contributed by atoms with E-state index in [2.05, 4.69) is 0 Å². The van der Waals surface area contributed by atoms with Gasteiger partial charge in [0.25, 0.3) is 0 Å². The van der Waals surface area contributed by atoms with Gasteiger partial charge in [0.15, 0.2) is 11.6 Å². The van der Waals surface area contributed by atoms with Crippen LogP contribution in [0.2, 0.25) is 0 Å². The fourth-order valence-corrected chi connectivity index (χ4v) is 2.05. The summed E-state index contributed by atoms with van der Waals surface area (Å²) in [5, 5.41) is 0. The van der Waals surface area contributed by atoms with Gasteiger partial charge in [-0.3, -0.25) is 9.59 Å². The number of methoxy groups -OCH3 is 1. The summed E-state index contributed by atoms with van der Waals surface area (Å²) in [4.78, 5) is 24.0. The molecule has 94 valence electrons. The number of carbonyl (C=O) groups excluding carboxylic acids is 2. The van der Waals surface area contributed by atoms with Crippen LogP contribution in [-0.4, -0.2) is 18.7 Å². The number of hydrogen-bond acceptors (Lipinski definition) is 3. The molecule has 0 bridgehead atoms. The summed E-state index contributed by atoms with van der Waals surface area (Å²) in [5.74, 6) is -0.785. The summed E-state index contributed by atoms with van der Waals surface area (Å²) in [6.45, 7) is 0. The summed E-state index contributed by atoms with van der Waals surface area (Å²) in [6, 6.07) is 5.33. The van der Waals surface area contributed by atoms with E-state index >= 15 is 0 Å². The third-order valence-corrected chi connectivity index (χ3v) is 2.93. The van der Waals surface area contributed by atoms with Crippen molar-refractivity contribution < 1.29 is 18.7 Å². The van der Waals surface area contributed by atoms with E-state index in [0.717, 1.165) is 6.07 Å². The van der Waals surface area contributed by atoms with Crippen LogP contribution in [0, 0.1) is 5.82 Å². The van der Waals surface area contributed by atoms with Crippen molar-refractivity contribution in [3.63, 3.8) is 0 Å². The summed E-state index contributed by atoms with van der Waals surface area (Å²) in [6.07, 6.45) is 1.59. The molecule has 0 N–H and O–H groups in total. The zero-order chi connectivity index (χ0) is 13.1. The van der Waals surface area contributed by atoms with Gasteiger partial charge in [-0.25, -0.2) is 4.39 Å². The second-order valence-corrected chi connectivity index (χ2v) is 4.12. The molecule has 18 heavy (non-hydrogen) atoms. The number of ketones is 2. The second-order valence-electron chi connectivity index (χ2n) is 4.12. The van der Waals surface area contributed by atoms with E-state index in [-0.39, 0.29) is 16.9 Å². The molecule has 0 atom stereocenters. The molecule has 1 aromatic rings. The highest BCUT2D eigenvalue weighted by Gasteiger charge is 2.28. The van der Waals surface area contributed by atoms with E-state index in [1.54, 1.807) is 0 Å². The normalized spacial score (nSPS) is 15.8. The van der Waals surface area contributed by atoms with Crippen LogP contribution < -0.4 is 0 Å². The van der Waals surface area contributed by atoms with Crippen LogP contribution in [0.5, 0.6) is 0 Å². The smallest absolute Gasteiger partial charge is 0.200 e. The molecule has 1 aliphatic carbocycles. The Hall–Kier alpha value is -1.97. The van der Waals surface area contributed by atoms with Crippen molar-refractivity contribution in [3.05, 3.63) is 47.0 Å². The first kappa shape index (κ1) is 12.5. The fourth-order valence-electron chi connectivity index (χ4n) is 2.05. The van der Waals surface area contributed by atoms with Crippen LogP contribution in [-0.2, 0) is 9.53 Å². The maximum atomic E-state index is 13.1. The third kappa shape index (κ3) is 2.32. The molecule has 0 spiro atoms. The first-order chi connectivity index (χ1) is 8.63. The number of Topliss-reactive ketones (excluding diaryl/α,β-unsaturated/α-hetero) is 2. The molecule has 3 nitrogen and oxygen atoms in total. The lowest BCUT2D eigenvalue weighted by Crippen LogP contribution is -2.20. The molecular formula is C14H13FO3. The molecule has 2 rings (SSSR count). The molecule has 1 aliphatic rings. The minimum Gasteiger partial charge on any atom is -0.500 e. The van der Waals surface area contributed by atoms with E-state index in [9.17, 15) is 14.0 Å². The monoisotopic (exact) mass is 248 g/mol. The highest BCUT2D eigenvalue weighted by Crippen LogP contribution is 2.25. The summed E-state index contributed by atoms with van der Waals surface area (Å²) in [7, 11) is 1.44. The van der Waals surface area contributed by atoms with Crippen LogP contribution in [0.4, 0.5) is 4.39 Å². The molecule has 0 heterocycles. The minimum absolute atomic E-state index is 0.0642. The lowest BCUT2D eigenvalue weighted by atomic mass is 9.90. The Morgan fingerprint density at radius 2 is 2.11 bits per heavy atom. The van der Waals surface area contributed by atoms with E-state index in [4.69, 9.17) is 4.74 Å². The Balaban J connectivity index is 2.43. The maximum Gasteiger partial charge on any atom is 0.200 e. The molecule has 1 aromatic carbocycles. The van der Waals surface area contributed by atoms with Gasteiger partial charge < -0.3 is 4.74 Å². The molecule has 0 saturated heterocycles. The average molecular weight is 248 g/mol. The van der Waals surface area contributed by atoms with Crippen molar-refractivity contribution in [2.45, 2.75) is 19.3 Å². The standard InChI is InChI=1S/C14H13FO3/c1-18-12-7-3-6-11(16)13(12)14(17)9-4-2-5-10(15)8-9/h2,4-5,8H,3,6-7H2,1H3. The van der Waals surface area contributed by atoms with Crippen molar-refractivity contribution in [2.24, 2.45) is 0 Å². The topological polar surface area (TPSA) is 43.4 Å². The van der Waals surface area contributed by atoms with Crippen molar-refractivity contribution in [1.82, 2.24) is 0 Å². The number of carbonyl (C=O) groups is 2. The Labute approximate surface area is 104 Å². The van der Waals surface area contributed by atoms with E-state index in [1.807, 2.05) is 0 Å².